The maximum Gasteiger partial charge on any atom is 0.235 e. The molecule has 1 saturated heterocycles. The zero-order valence-electron chi connectivity index (χ0n) is 17.5. The molecule has 0 aliphatic carbocycles. The SMILES string of the molecule is COc1ccccc1Nc1nnc(SC(C)C(=O)N2CCN(c3ccccc3)CC2)s1. The van der Waals surface area contributed by atoms with Crippen molar-refractivity contribution in [3.63, 3.8) is 0 Å². The van der Waals surface area contributed by atoms with Gasteiger partial charge in [-0.15, -0.1) is 10.2 Å². The maximum atomic E-state index is 12.9. The van der Waals surface area contributed by atoms with Gasteiger partial charge in [0.15, 0.2) is 4.34 Å². The normalized spacial score (nSPS) is 14.9. The Bertz CT molecular complexity index is 1010. The number of rotatable bonds is 7. The highest BCUT2D eigenvalue weighted by atomic mass is 32.2. The van der Waals surface area contributed by atoms with Crippen LogP contribution in [0, 0.1) is 0 Å². The molecule has 2 heterocycles. The summed E-state index contributed by atoms with van der Waals surface area (Å²) < 4.78 is 6.12. The standard InChI is InChI=1S/C22H25N5O2S2/c1-16(20(28)27-14-12-26(13-15-27)17-8-4-3-5-9-17)30-22-25-24-21(31-22)23-18-10-6-7-11-19(18)29-2/h3-11,16H,12-15H2,1-2H3,(H,23,24). The van der Waals surface area contributed by atoms with E-state index in [9.17, 15) is 4.79 Å². The average molecular weight is 456 g/mol. The van der Waals surface area contributed by atoms with Gasteiger partial charge in [0.25, 0.3) is 0 Å². The number of hydrogen-bond donors (Lipinski definition) is 1. The van der Waals surface area contributed by atoms with E-state index in [-0.39, 0.29) is 11.2 Å². The van der Waals surface area contributed by atoms with Crippen LogP contribution in [0.15, 0.2) is 58.9 Å². The number of nitrogens with zero attached hydrogens (tertiary/aromatic N) is 4. The van der Waals surface area contributed by atoms with Gasteiger partial charge in [-0.3, -0.25) is 4.79 Å². The zero-order chi connectivity index (χ0) is 21.6. The molecule has 31 heavy (non-hydrogen) atoms. The molecule has 7 nitrogen and oxygen atoms in total. The van der Waals surface area contributed by atoms with Gasteiger partial charge in [0.1, 0.15) is 5.75 Å². The number of aromatic nitrogens is 2. The highest BCUT2D eigenvalue weighted by Crippen LogP contribution is 2.33. The van der Waals surface area contributed by atoms with Gasteiger partial charge in [0.05, 0.1) is 18.0 Å². The van der Waals surface area contributed by atoms with E-state index in [1.807, 2.05) is 54.3 Å². The van der Waals surface area contributed by atoms with Crippen molar-refractivity contribution in [1.82, 2.24) is 15.1 Å². The number of carbonyl (C=O) groups is 1. The van der Waals surface area contributed by atoms with Crippen molar-refractivity contribution >= 4 is 45.5 Å². The van der Waals surface area contributed by atoms with E-state index in [2.05, 4.69) is 32.5 Å². The molecule has 1 unspecified atom stereocenters. The van der Waals surface area contributed by atoms with Crippen molar-refractivity contribution in [2.75, 3.05) is 43.5 Å². The molecule has 1 aliphatic heterocycles. The summed E-state index contributed by atoms with van der Waals surface area (Å²) in [7, 11) is 1.63. The van der Waals surface area contributed by atoms with Gasteiger partial charge in [0.2, 0.25) is 11.0 Å². The van der Waals surface area contributed by atoms with Gasteiger partial charge in [0, 0.05) is 31.9 Å². The summed E-state index contributed by atoms with van der Waals surface area (Å²) in [6.07, 6.45) is 0. The minimum Gasteiger partial charge on any atom is -0.495 e. The summed E-state index contributed by atoms with van der Waals surface area (Å²) in [5.74, 6) is 0.886. The van der Waals surface area contributed by atoms with E-state index in [0.29, 0.717) is 5.13 Å². The monoisotopic (exact) mass is 455 g/mol. The van der Waals surface area contributed by atoms with Crippen LogP contribution in [-0.4, -0.2) is 59.5 Å². The Balaban J connectivity index is 1.30. The van der Waals surface area contributed by atoms with Crippen molar-refractivity contribution in [2.24, 2.45) is 0 Å². The summed E-state index contributed by atoms with van der Waals surface area (Å²) in [5.41, 5.74) is 2.04. The molecule has 0 bridgehead atoms. The lowest BCUT2D eigenvalue weighted by Gasteiger charge is -2.37. The van der Waals surface area contributed by atoms with Crippen LogP contribution in [0.3, 0.4) is 0 Å². The molecule has 162 valence electrons. The lowest BCUT2D eigenvalue weighted by Crippen LogP contribution is -2.50. The summed E-state index contributed by atoms with van der Waals surface area (Å²) >= 11 is 2.88. The van der Waals surface area contributed by atoms with E-state index < -0.39 is 0 Å². The third-order valence-corrected chi connectivity index (χ3v) is 7.10. The van der Waals surface area contributed by atoms with Gasteiger partial charge in [-0.1, -0.05) is 53.4 Å². The number of ether oxygens (including phenoxy) is 1. The number of para-hydroxylation sites is 3. The second kappa shape index (κ2) is 10.0. The average Bonchev–Trinajstić information content (AvgIpc) is 3.26. The number of methoxy groups -OCH3 is 1. The van der Waals surface area contributed by atoms with Crippen LogP contribution in [0.25, 0.3) is 0 Å². The molecule has 1 amide bonds. The third kappa shape index (κ3) is 5.29. The quantitative estimate of drug-likeness (QED) is 0.538. The highest BCUT2D eigenvalue weighted by molar-refractivity contribution is 8.02. The number of amides is 1. The van der Waals surface area contributed by atoms with Crippen LogP contribution in [-0.2, 0) is 4.79 Å². The zero-order valence-corrected chi connectivity index (χ0v) is 19.2. The molecule has 1 N–H and O–H groups in total. The highest BCUT2D eigenvalue weighted by Gasteiger charge is 2.26. The molecule has 2 aromatic carbocycles. The number of hydrogen-bond acceptors (Lipinski definition) is 8. The molecule has 0 radical (unpaired) electrons. The minimum absolute atomic E-state index is 0.146. The van der Waals surface area contributed by atoms with Gasteiger partial charge < -0.3 is 19.9 Å². The second-order valence-electron chi connectivity index (χ2n) is 7.11. The topological polar surface area (TPSA) is 70.6 Å². The molecule has 1 aromatic heterocycles. The summed E-state index contributed by atoms with van der Waals surface area (Å²) in [5, 5.41) is 12.1. The Hall–Kier alpha value is -2.78. The predicted octanol–water partition coefficient (Wildman–Crippen LogP) is 4.12. The number of nitrogens with one attached hydrogen (secondary N) is 1. The van der Waals surface area contributed by atoms with Crippen LogP contribution in [0.1, 0.15) is 6.92 Å². The Morgan fingerprint density at radius 3 is 2.52 bits per heavy atom. The minimum atomic E-state index is -0.213. The summed E-state index contributed by atoms with van der Waals surface area (Å²) in [4.78, 5) is 17.2. The van der Waals surface area contributed by atoms with Gasteiger partial charge >= 0.3 is 0 Å². The number of anilines is 3. The van der Waals surface area contributed by atoms with Gasteiger partial charge in [-0.25, -0.2) is 0 Å². The smallest absolute Gasteiger partial charge is 0.235 e. The number of thioether (sulfide) groups is 1. The molecule has 4 rings (SSSR count). The molecule has 3 aromatic rings. The van der Waals surface area contributed by atoms with E-state index in [1.165, 1.54) is 28.8 Å². The Kier molecular flexibility index (Phi) is 6.93. The van der Waals surface area contributed by atoms with E-state index in [4.69, 9.17) is 4.74 Å². The first-order valence-electron chi connectivity index (χ1n) is 10.1. The van der Waals surface area contributed by atoms with Crippen molar-refractivity contribution in [1.29, 1.82) is 0 Å². The molecule has 0 saturated carbocycles. The lowest BCUT2D eigenvalue weighted by atomic mass is 10.2. The summed E-state index contributed by atoms with van der Waals surface area (Å²) in [6.45, 7) is 5.09. The van der Waals surface area contributed by atoms with E-state index in [0.717, 1.165) is 42.0 Å². The van der Waals surface area contributed by atoms with Gasteiger partial charge in [-0.2, -0.15) is 0 Å². The molecule has 1 aliphatic rings. The molecular formula is C22H25N5O2S2. The molecule has 1 fully saturated rings. The predicted molar refractivity (Wildman–Crippen MR) is 127 cm³/mol. The van der Waals surface area contributed by atoms with Crippen LogP contribution in [0.2, 0.25) is 0 Å². The van der Waals surface area contributed by atoms with Crippen LogP contribution < -0.4 is 15.0 Å². The lowest BCUT2D eigenvalue weighted by molar-refractivity contribution is -0.130. The van der Waals surface area contributed by atoms with Crippen LogP contribution >= 0.6 is 23.1 Å². The first kappa shape index (κ1) is 21.5. The largest absolute Gasteiger partial charge is 0.495 e. The first-order valence-corrected chi connectivity index (χ1v) is 11.8. The Labute approximate surface area is 190 Å². The number of benzene rings is 2. The fourth-order valence-corrected chi connectivity index (χ4v) is 5.45. The summed E-state index contributed by atoms with van der Waals surface area (Å²) in [6, 6.07) is 18.0. The number of piperazine rings is 1. The van der Waals surface area contributed by atoms with Crippen LogP contribution in [0.4, 0.5) is 16.5 Å². The van der Waals surface area contributed by atoms with Crippen LogP contribution in [0.5, 0.6) is 5.75 Å². The Morgan fingerprint density at radius 2 is 1.77 bits per heavy atom. The van der Waals surface area contributed by atoms with E-state index in [1.54, 1.807) is 7.11 Å². The van der Waals surface area contributed by atoms with Crippen molar-refractivity contribution < 1.29 is 9.53 Å². The first-order chi connectivity index (χ1) is 15.1. The maximum absolute atomic E-state index is 12.9. The van der Waals surface area contributed by atoms with Crippen molar-refractivity contribution in [3.05, 3.63) is 54.6 Å². The van der Waals surface area contributed by atoms with Crippen molar-refractivity contribution in [2.45, 2.75) is 16.5 Å². The third-order valence-electron chi connectivity index (χ3n) is 5.09. The van der Waals surface area contributed by atoms with E-state index >= 15 is 0 Å². The molecular weight excluding hydrogens is 430 g/mol. The van der Waals surface area contributed by atoms with Gasteiger partial charge in [-0.05, 0) is 31.2 Å². The fourth-order valence-electron chi connectivity index (χ4n) is 3.45. The molecule has 0 spiro atoms. The molecule has 9 heteroatoms. The van der Waals surface area contributed by atoms with Crippen molar-refractivity contribution in [3.8, 4) is 5.75 Å². The number of carbonyl (C=O) groups excluding carboxylic acids is 1. The molecule has 1 atom stereocenters. The second-order valence-corrected chi connectivity index (χ2v) is 9.67. The fraction of sp³-hybridized carbons (Fsp3) is 0.318. The Morgan fingerprint density at radius 1 is 1.06 bits per heavy atom.